The molecule has 2 rings (SSSR count). The van der Waals surface area contributed by atoms with Crippen LogP contribution in [0.15, 0.2) is 12.1 Å². The summed E-state index contributed by atoms with van der Waals surface area (Å²) in [5.74, 6) is 6.81. The van der Waals surface area contributed by atoms with E-state index in [9.17, 15) is 4.79 Å². The van der Waals surface area contributed by atoms with Crippen LogP contribution >= 0.6 is 0 Å². The highest BCUT2D eigenvalue weighted by molar-refractivity contribution is 5.95. The SMILES string of the molecule is CCCc1cc(C(=O)N2CCC(C)CC2C)cc(NN)n1. The number of piperidine rings is 1. The fourth-order valence-electron chi connectivity index (χ4n) is 3.04. The van der Waals surface area contributed by atoms with Gasteiger partial charge in [-0.2, -0.15) is 0 Å². The molecule has 1 aromatic rings. The molecule has 1 fully saturated rings. The topological polar surface area (TPSA) is 71.2 Å². The van der Waals surface area contributed by atoms with Crippen molar-refractivity contribution in [2.24, 2.45) is 11.8 Å². The van der Waals surface area contributed by atoms with Crippen molar-refractivity contribution in [2.45, 2.75) is 52.5 Å². The van der Waals surface area contributed by atoms with E-state index in [1.165, 1.54) is 0 Å². The molecule has 0 saturated carbocycles. The summed E-state index contributed by atoms with van der Waals surface area (Å²) in [6.07, 6.45) is 3.99. The van der Waals surface area contributed by atoms with E-state index >= 15 is 0 Å². The molecule has 0 aromatic carbocycles. The second-order valence-corrected chi connectivity index (χ2v) is 6.10. The number of nitrogens with zero attached hydrogens (tertiary/aromatic N) is 2. The number of aromatic nitrogens is 1. The molecule has 1 aliphatic rings. The van der Waals surface area contributed by atoms with Gasteiger partial charge in [0.2, 0.25) is 0 Å². The summed E-state index contributed by atoms with van der Waals surface area (Å²) < 4.78 is 0. The number of rotatable bonds is 4. The van der Waals surface area contributed by atoms with E-state index in [4.69, 9.17) is 5.84 Å². The number of amides is 1. The van der Waals surface area contributed by atoms with Gasteiger partial charge in [0.05, 0.1) is 0 Å². The highest BCUT2D eigenvalue weighted by Gasteiger charge is 2.27. The van der Waals surface area contributed by atoms with E-state index in [0.29, 0.717) is 23.3 Å². The van der Waals surface area contributed by atoms with Crippen molar-refractivity contribution in [3.05, 3.63) is 23.4 Å². The van der Waals surface area contributed by atoms with Gasteiger partial charge in [-0.1, -0.05) is 20.3 Å². The lowest BCUT2D eigenvalue weighted by Gasteiger charge is -2.36. The van der Waals surface area contributed by atoms with Gasteiger partial charge < -0.3 is 10.3 Å². The van der Waals surface area contributed by atoms with E-state index in [-0.39, 0.29) is 5.91 Å². The lowest BCUT2D eigenvalue weighted by Crippen LogP contribution is -2.44. The van der Waals surface area contributed by atoms with Crippen LogP contribution in [0.1, 0.15) is 56.1 Å². The van der Waals surface area contributed by atoms with Gasteiger partial charge in [-0.05, 0) is 44.2 Å². The molecule has 1 aromatic heterocycles. The molecule has 2 heterocycles. The van der Waals surface area contributed by atoms with Crippen molar-refractivity contribution < 1.29 is 4.79 Å². The van der Waals surface area contributed by atoms with Crippen molar-refractivity contribution in [3.63, 3.8) is 0 Å². The molecule has 5 nitrogen and oxygen atoms in total. The average molecular weight is 290 g/mol. The average Bonchev–Trinajstić information content (AvgIpc) is 2.46. The summed E-state index contributed by atoms with van der Waals surface area (Å²) in [7, 11) is 0. The number of nitrogens with two attached hydrogens (primary N) is 1. The summed E-state index contributed by atoms with van der Waals surface area (Å²) >= 11 is 0. The van der Waals surface area contributed by atoms with Crippen LogP contribution in [0.3, 0.4) is 0 Å². The second-order valence-electron chi connectivity index (χ2n) is 6.10. The molecule has 1 saturated heterocycles. The van der Waals surface area contributed by atoms with Crippen molar-refractivity contribution in [2.75, 3.05) is 12.0 Å². The lowest BCUT2D eigenvalue weighted by molar-refractivity contribution is 0.0588. The Morgan fingerprint density at radius 2 is 2.24 bits per heavy atom. The first-order chi connectivity index (χ1) is 10.0. The zero-order chi connectivity index (χ0) is 15.4. The molecule has 116 valence electrons. The number of anilines is 1. The van der Waals surface area contributed by atoms with E-state index < -0.39 is 0 Å². The fraction of sp³-hybridized carbons (Fsp3) is 0.625. The maximum absolute atomic E-state index is 12.8. The fourth-order valence-corrected chi connectivity index (χ4v) is 3.04. The molecular weight excluding hydrogens is 264 g/mol. The van der Waals surface area contributed by atoms with E-state index in [1.54, 1.807) is 6.07 Å². The Bertz CT molecular complexity index is 503. The van der Waals surface area contributed by atoms with E-state index in [1.807, 2.05) is 11.0 Å². The number of pyridine rings is 1. The van der Waals surface area contributed by atoms with Crippen LogP contribution in [0, 0.1) is 5.92 Å². The van der Waals surface area contributed by atoms with Crippen molar-refractivity contribution in [1.82, 2.24) is 9.88 Å². The second kappa shape index (κ2) is 6.89. The van der Waals surface area contributed by atoms with Crippen LogP contribution < -0.4 is 11.3 Å². The molecule has 0 spiro atoms. The molecular formula is C16H26N4O. The number of hydrogen-bond donors (Lipinski definition) is 2. The van der Waals surface area contributed by atoms with Gasteiger partial charge in [-0.25, -0.2) is 10.8 Å². The van der Waals surface area contributed by atoms with Crippen molar-refractivity contribution in [1.29, 1.82) is 0 Å². The third-order valence-corrected chi connectivity index (χ3v) is 4.18. The number of hydrogen-bond acceptors (Lipinski definition) is 4. The van der Waals surface area contributed by atoms with Crippen LogP contribution in [0.2, 0.25) is 0 Å². The maximum atomic E-state index is 12.8. The molecule has 0 radical (unpaired) electrons. The van der Waals surface area contributed by atoms with Gasteiger partial charge >= 0.3 is 0 Å². The summed E-state index contributed by atoms with van der Waals surface area (Å²) in [5, 5.41) is 0. The number of hydrazine groups is 1. The molecule has 1 aliphatic heterocycles. The Labute approximate surface area is 126 Å². The maximum Gasteiger partial charge on any atom is 0.254 e. The van der Waals surface area contributed by atoms with Gasteiger partial charge in [0.15, 0.2) is 0 Å². The smallest absolute Gasteiger partial charge is 0.254 e. The monoisotopic (exact) mass is 290 g/mol. The normalized spacial score (nSPS) is 22.2. The third-order valence-electron chi connectivity index (χ3n) is 4.18. The Morgan fingerprint density at radius 1 is 1.48 bits per heavy atom. The molecule has 3 N–H and O–H groups in total. The first-order valence-corrected chi connectivity index (χ1v) is 7.83. The first kappa shape index (κ1) is 15.8. The molecule has 5 heteroatoms. The third kappa shape index (κ3) is 3.73. The Morgan fingerprint density at radius 3 is 2.86 bits per heavy atom. The summed E-state index contributed by atoms with van der Waals surface area (Å²) in [6.45, 7) is 7.31. The minimum Gasteiger partial charge on any atom is -0.336 e. The molecule has 21 heavy (non-hydrogen) atoms. The molecule has 1 amide bonds. The molecule has 2 unspecified atom stereocenters. The van der Waals surface area contributed by atoms with Gasteiger partial charge in [-0.15, -0.1) is 0 Å². The van der Waals surface area contributed by atoms with Gasteiger partial charge in [0, 0.05) is 23.8 Å². The predicted molar refractivity (Wildman–Crippen MR) is 84.9 cm³/mol. The summed E-state index contributed by atoms with van der Waals surface area (Å²) in [6, 6.07) is 3.93. The summed E-state index contributed by atoms with van der Waals surface area (Å²) in [5.41, 5.74) is 4.15. The number of nitrogens with one attached hydrogen (secondary N) is 1. The van der Waals surface area contributed by atoms with Gasteiger partial charge in [0.1, 0.15) is 5.82 Å². The molecule has 0 aliphatic carbocycles. The highest BCUT2D eigenvalue weighted by atomic mass is 16.2. The van der Waals surface area contributed by atoms with E-state index in [0.717, 1.165) is 37.9 Å². The number of aryl methyl sites for hydroxylation is 1. The zero-order valence-electron chi connectivity index (χ0n) is 13.2. The minimum atomic E-state index is 0.0886. The number of likely N-dealkylation sites (tertiary alicyclic amines) is 1. The summed E-state index contributed by atoms with van der Waals surface area (Å²) in [4.78, 5) is 19.1. The standard InChI is InChI=1S/C16H26N4O/c1-4-5-14-9-13(10-15(18-14)19-17)16(21)20-7-6-11(2)8-12(20)3/h9-12H,4-8,17H2,1-3H3,(H,18,19). The van der Waals surface area contributed by atoms with Crippen LogP contribution in [-0.4, -0.2) is 28.4 Å². The van der Waals surface area contributed by atoms with Gasteiger partial charge in [-0.3, -0.25) is 4.79 Å². The van der Waals surface area contributed by atoms with Crippen LogP contribution in [0.4, 0.5) is 5.82 Å². The highest BCUT2D eigenvalue weighted by Crippen LogP contribution is 2.24. The minimum absolute atomic E-state index is 0.0886. The Balaban J connectivity index is 2.23. The quantitative estimate of drug-likeness (QED) is 0.660. The van der Waals surface area contributed by atoms with Crippen molar-refractivity contribution >= 4 is 11.7 Å². The zero-order valence-corrected chi connectivity index (χ0v) is 13.2. The lowest BCUT2D eigenvalue weighted by atomic mass is 9.93. The number of carbonyl (C=O) groups excluding carboxylic acids is 1. The van der Waals surface area contributed by atoms with Crippen LogP contribution in [-0.2, 0) is 6.42 Å². The first-order valence-electron chi connectivity index (χ1n) is 7.83. The number of nitrogen functional groups attached to an aromatic ring is 1. The van der Waals surface area contributed by atoms with Crippen LogP contribution in [0.5, 0.6) is 0 Å². The molecule has 0 bridgehead atoms. The van der Waals surface area contributed by atoms with Gasteiger partial charge in [0.25, 0.3) is 5.91 Å². The van der Waals surface area contributed by atoms with Crippen molar-refractivity contribution in [3.8, 4) is 0 Å². The Hall–Kier alpha value is -1.62. The predicted octanol–water partition coefficient (Wildman–Crippen LogP) is 2.58. The largest absolute Gasteiger partial charge is 0.336 e. The molecule has 2 atom stereocenters. The van der Waals surface area contributed by atoms with E-state index in [2.05, 4.69) is 31.2 Å². The van der Waals surface area contributed by atoms with Crippen LogP contribution in [0.25, 0.3) is 0 Å². The Kier molecular flexibility index (Phi) is 5.17. The number of carbonyl (C=O) groups is 1.